The van der Waals surface area contributed by atoms with Crippen molar-refractivity contribution in [3.63, 3.8) is 0 Å². The van der Waals surface area contributed by atoms with Gasteiger partial charge in [-0.25, -0.2) is 0 Å². The lowest BCUT2D eigenvalue weighted by atomic mass is 10.1. The van der Waals surface area contributed by atoms with E-state index in [0.717, 1.165) is 21.2 Å². The minimum atomic E-state index is -0.180. The highest BCUT2D eigenvalue weighted by Gasteiger charge is 2.10. The predicted molar refractivity (Wildman–Crippen MR) is 128 cm³/mol. The largest absolute Gasteiger partial charge is 0.455 e. The van der Waals surface area contributed by atoms with Crippen LogP contribution in [0.25, 0.3) is 0 Å². The first-order chi connectivity index (χ1) is 15.2. The second-order valence-corrected chi connectivity index (χ2v) is 8.29. The van der Waals surface area contributed by atoms with E-state index in [9.17, 15) is 4.79 Å². The van der Waals surface area contributed by atoms with E-state index in [1.807, 2.05) is 103 Å². The highest BCUT2D eigenvalue weighted by atomic mass is 35.5. The van der Waals surface area contributed by atoms with Crippen molar-refractivity contribution in [2.45, 2.75) is 10.6 Å². The minimum absolute atomic E-state index is 0.180. The summed E-state index contributed by atoms with van der Waals surface area (Å²) in [5.41, 5.74) is 2.36. The third-order valence-electron chi connectivity index (χ3n) is 4.54. The van der Waals surface area contributed by atoms with Crippen LogP contribution in [0.15, 0.2) is 108 Å². The molecule has 0 fully saturated rings. The van der Waals surface area contributed by atoms with Crippen LogP contribution in [0.4, 0.5) is 5.69 Å². The van der Waals surface area contributed by atoms with Crippen molar-refractivity contribution in [1.82, 2.24) is 0 Å². The second-order valence-electron chi connectivity index (χ2n) is 6.80. The van der Waals surface area contributed by atoms with Crippen molar-refractivity contribution in [1.29, 1.82) is 0 Å². The van der Waals surface area contributed by atoms with Gasteiger partial charge in [0.25, 0.3) is 5.91 Å². The van der Waals surface area contributed by atoms with Gasteiger partial charge in [0, 0.05) is 21.2 Å². The number of rotatable bonds is 7. The molecule has 4 aromatic rings. The van der Waals surface area contributed by atoms with Crippen LogP contribution < -0.4 is 10.1 Å². The first kappa shape index (κ1) is 21.0. The Labute approximate surface area is 191 Å². The van der Waals surface area contributed by atoms with E-state index >= 15 is 0 Å². The van der Waals surface area contributed by atoms with Gasteiger partial charge in [0.05, 0.1) is 5.69 Å². The van der Waals surface area contributed by atoms with E-state index in [1.165, 1.54) is 0 Å². The summed E-state index contributed by atoms with van der Waals surface area (Å²) in [7, 11) is 0. The normalized spacial score (nSPS) is 10.5. The molecule has 0 heterocycles. The van der Waals surface area contributed by atoms with E-state index < -0.39 is 0 Å². The van der Waals surface area contributed by atoms with Gasteiger partial charge in [-0.3, -0.25) is 4.79 Å². The summed E-state index contributed by atoms with van der Waals surface area (Å²) in [5.74, 6) is 1.95. The van der Waals surface area contributed by atoms with Gasteiger partial charge in [0.15, 0.2) is 5.75 Å². The Bertz CT molecular complexity index is 1150. The van der Waals surface area contributed by atoms with Crippen molar-refractivity contribution in [3.05, 3.63) is 119 Å². The third kappa shape index (κ3) is 5.91. The zero-order valence-electron chi connectivity index (χ0n) is 16.6. The van der Waals surface area contributed by atoms with E-state index in [0.29, 0.717) is 22.7 Å². The molecule has 3 nitrogen and oxygen atoms in total. The Hall–Kier alpha value is -3.21. The van der Waals surface area contributed by atoms with Crippen LogP contribution in [-0.4, -0.2) is 5.91 Å². The van der Waals surface area contributed by atoms with Gasteiger partial charge in [-0.1, -0.05) is 54.1 Å². The maximum Gasteiger partial charge on any atom is 0.255 e. The molecular formula is C26H20ClNO2S. The third-order valence-corrected chi connectivity index (χ3v) is 5.88. The molecule has 0 aliphatic rings. The minimum Gasteiger partial charge on any atom is -0.455 e. The molecule has 1 N–H and O–H groups in total. The van der Waals surface area contributed by atoms with Gasteiger partial charge >= 0.3 is 0 Å². The Morgan fingerprint density at radius 3 is 2.23 bits per heavy atom. The van der Waals surface area contributed by atoms with Crippen LogP contribution >= 0.6 is 23.4 Å². The number of hydrogen-bond acceptors (Lipinski definition) is 3. The molecule has 0 saturated carbocycles. The second kappa shape index (κ2) is 10.2. The summed E-state index contributed by atoms with van der Waals surface area (Å²) in [6.45, 7) is 0. The van der Waals surface area contributed by atoms with Crippen molar-refractivity contribution >= 4 is 35.0 Å². The molecule has 31 heavy (non-hydrogen) atoms. The van der Waals surface area contributed by atoms with Gasteiger partial charge in [-0.2, -0.15) is 0 Å². The van der Waals surface area contributed by atoms with Crippen molar-refractivity contribution in [2.24, 2.45) is 0 Å². The first-order valence-corrected chi connectivity index (χ1v) is 11.1. The summed E-state index contributed by atoms with van der Waals surface area (Å²) in [5, 5.41) is 3.68. The summed E-state index contributed by atoms with van der Waals surface area (Å²) in [6, 6.07) is 32.3. The molecule has 0 atom stereocenters. The van der Waals surface area contributed by atoms with Gasteiger partial charge in [0.2, 0.25) is 0 Å². The SMILES string of the molecule is O=C(Nc1ccccc1Oc1ccccc1)c1ccc(CSc2ccc(Cl)cc2)cc1. The molecule has 154 valence electrons. The monoisotopic (exact) mass is 445 g/mol. The molecular weight excluding hydrogens is 426 g/mol. The van der Waals surface area contributed by atoms with E-state index in [4.69, 9.17) is 16.3 Å². The molecule has 0 radical (unpaired) electrons. The zero-order valence-corrected chi connectivity index (χ0v) is 18.2. The highest BCUT2D eigenvalue weighted by molar-refractivity contribution is 7.98. The number of nitrogens with one attached hydrogen (secondary N) is 1. The van der Waals surface area contributed by atoms with E-state index in [1.54, 1.807) is 11.8 Å². The quantitative estimate of drug-likeness (QED) is 0.296. The molecule has 0 spiro atoms. The summed E-state index contributed by atoms with van der Waals surface area (Å²) in [4.78, 5) is 13.9. The molecule has 4 rings (SSSR count). The summed E-state index contributed by atoms with van der Waals surface area (Å²) >= 11 is 7.66. The van der Waals surface area contributed by atoms with Crippen molar-refractivity contribution in [3.8, 4) is 11.5 Å². The fourth-order valence-electron chi connectivity index (χ4n) is 2.92. The van der Waals surface area contributed by atoms with Crippen LogP contribution in [0.3, 0.4) is 0 Å². The zero-order chi connectivity index (χ0) is 21.5. The Morgan fingerprint density at radius 2 is 1.48 bits per heavy atom. The lowest BCUT2D eigenvalue weighted by Gasteiger charge is -2.12. The summed E-state index contributed by atoms with van der Waals surface area (Å²) in [6.07, 6.45) is 0. The van der Waals surface area contributed by atoms with Gasteiger partial charge in [-0.15, -0.1) is 11.8 Å². The Kier molecular flexibility index (Phi) is 6.92. The molecule has 0 unspecified atom stereocenters. The Balaban J connectivity index is 1.39. The highest BCUT2D eigenvalue weighted by Crippen LogP contribution is 2.29. The molecule has 0 saturated heterocycles. The Morgan fingerprint density at radius 1 is 0.806 bits per heavy atom. The average Bonchev–Trinajstić information content (AvgIpc) is 2.81. The first-order valence-electron chi connectivity index (χ1n) is 9.78. The number of halogens is 1. The van der Waals surface area contributed by atoms with E-state index in [2.05, 4.69) is 5.32 Å². The number of anilines is 1. The lowest BCUT2D eigenvalue weighted by molar-refractivity contribution is 0.102. The number of carbonyl (C=O) groups excluding carboxylic acids is 1. The van der Waals surface area contributed by atoms with Crippen LogP contribution in [0.2, 0.25) is 5.02 Å². The molecule has 5 heteroatoms. The number of hydrogen-bond donors (Lipinski definition) is 1. The number of thioether (sulfide) groups is 1. The summed E-state index contributed by atoms with van der Waals surface area (Å²) < 4.78 is 5.92. The van der Waals surface area contributed by atoms with Crippen LogP contribution in [0, 0.1) is 0 Å². The average molecular weight is 446 g/mol. The van der Waals surface area contributed by atoms with E-state index in [-0.39, 0.29) is 5.91 Å². The van der Waals surface area contributed by atoms with Crippen LogP contribution in [-0.2, 0) is 5.75 Å². The molecule has 4 aromatic carbocycles. The molecule has 0 bridgehead atoms. The van der Waals surface area contributed by atoms with Crippen molar-refractivity contribution in [2.75, 3.05) is 5.32 Å². The number of amides is 1. The lowest BCUT2D eigenvalue weighted by Crippen LogP contribution is -2.12. The smallest absolute Gasteiger partial charge is 0.255 e. The number of benzene rings is 4. The maximum atomic E-state index is 12.8. The molecule has 0 aliphatic carbocycles. The fourth-order valence-corrected chi connectivity index (χ4v) is 3.90. The number of ether oxygens (including phenoxy) is 1. The van der Waals surface area contributed by atoms with Crippen molar-refractivity contribution < 1.29 is 9.53 Å². The van der Waals surface area contributed by atoms with Gasteiger partial charge in [-0.05, 0) is 66.2 Å². The number of para-hydroxylation sites is 3. The predicted octanol–water partition coefficient (Wildman–Crippen LogP) is 7.68. The molecule has 1 amide bonds. The van der Waals surface area contributed by atoms with Gasteiger partial charge < -0.3 is 10.1 Å². The number of carbonyl (C=O) groups is 1. The fraction of sp³-hybridized carbons (Fsp3) is 0.0385. The molecule has 0 aliphatic heterocycles. The van der Waals surface area contributed by atoms with Crippen LogP contribution in [0.1, 0.15) is 15.9 Å². The van der Waals surface area contributed by atoms with Gasteiger partial charge in [0.1, 0.15) is 5.75 Å². The topological polar surface area (TPSA) is 38.3 Å². The standard InChI is InChI=1S/C26H20ClNO2S/c27-21-14-16-23(17-15-21)31-18-19-10-12-20(13-11-19)26(29)28-24-8-4-5-9-25(24)30-22-6-2-1-3-7-22/h1-17H,18H2,(H,28,29). The molecule has 0 aromatic heterocycles. The maximum absolute atomic E-state index is 12.8. The van der Waals surface area contributed by atoms with Crippen LogP contribution in [0.5, 0.6) is 11.5 Å².